The molecule has 108 heavy (non-hydrogen) atoms. The van der Waals surface area contributed by atoms with Gasteiger partial charge < -0.3 is 18.9 Å². The summed E-state index contributed by atoms with van der Waals surface area (Å²) in [6.07, 6.45) is -2.02. The molecule has 0 saturated carbocycles. The summed E-state index contributed by atoms with van der Waals surface area (Å²) in [5.74, 6) is 0. The molecule has 4 heterocycles. The number of anilines is 6. The first kappa shape index (κ1) is 62.6. The molecule has 5 heteroatoms. The van der Waals surface area contributed by atoms with Crippen LogP contribution in [-0.4, -0.2) is 15.8 Å². The van der Waals surface area contributed by atoms with Crippen molar-refractivity contribution in [2.24, 2.45) is 5.41 Å². The van der Waals surface area contributed by atoms with Crippen molar-refractivity contribution >= 4 is 101 Å². The van der Waals surface area contributed by atoms with Gasteiger partial charge in [-0.25, -0.2) is 0 Å². The number of hydrogen-bond donors (Lipinski definition) is 0. The predicted octanol–water partition coefficient (Wildman–Crippen LogP) is 27.3. The van der Waals surface area contributed by atoms with Crippen LogP contribution >= 0.6 is 0 Å². The second-order valence-electron chi connectivity index (χ2n) is 40.5. The molecule has 0 unspecified atom stereocenters. The quantitative estimate of drug-likeness (QED) is 0.148. The van der Waals surface area contributed by atoms with Gasteiger partial charge in [0.05, 0.1) is 44.4 Å². The van der Waals surface area contributed by atoms with E-state index in [9.17, 15) is 13.7 Å². The summed E-state index contributed by atoms with van der Waals surface area (Å²) in [4.78, 5) is 4.81. The Balaban J connectivity index is 1.17. The molecule has 4 nitrogen and oxygen atoms in total. The Morgan fingerprint density at radius 1 is 0.287 bits per heavy atom. The molecule has 13 aromatic rings. The van der Waals surface area contributed by atoms with E-state index in [1.165, 1.54) is 22.3 Å². The zero-order chi connectivity index (χ0) is 86.4. The van der Waals surface area contributed by atoms with E-state index >= 15 is 0 Å². The van der Waals surface area contributed by atoms with Crippen LogP contribution in [0.15, 0.2) is 206 Å². The van der Waals surface area contributed by atoms with Gasteiger partial charge in [-0.05, 0) is 230 Å². The van der Waals surface area contributed by atoms with Gasteiger partial charge >= 0.3 is 0 Å². The van der Waals surface area contributed by atoms with Gasteiger partial charge in [-0.2, -0.15) is 0 Å². The first-order chi connectivity index (χ1) is 54.3. The van der Waals surface area contributed by atoms with Gasteiger partial charge in [0.15, 0.2) is 0 Å². The van der Waals surface area contributed by atoms with Crippen molar-refractivity contribution in [2.75, 3.05) is 9.80 Å². The third-order valence-corrected chi connectivity index (χ3v) is 22.8. The van der Waals surface area contributed by atoms with Crippen molar-refractivity contribution in [3.05, 3.63) is 256 Å². The first-order valence-corrected chi connectivity index (χ1v) is 39.1. The summed E-state index contributed by atoms with van der Waals surface area (Å²) in [6.45, 7) is 59.2. The molecule has 0 aliphatic carbocycles. The normalized spacial score (nSPS) is 15.5. The fraction of sp³-hybridized carbons (Fsp3) is 0.359. The lowest BCUT2D eigenvalue weighted by atomic mass is 9.33. The third-order valence-electron chi connectivity index (χ3n) is 22.8. The molecule has 11 aromatic carbocycles. The van der Waals surface area contributed by atoms with Crippen LogP contribution in [0.5, 0.6) is 0 Å². The standard InChI is InChI=1S/C103H117BN4/c1-95(2,3)62-63-48-92-94-93(49-63)108(87-45-37-67(97(7,8)9)57-79(87)65-52-72(102(22,23)24)55-73(53-65)103(25,26)27)91-61-75(106-85-35-31-29-33-77(85)81-59-69(99(13,14)15)39-47-89(81)106)41-43-83(91)104(94)82-42-40-74(105-84-34-30-28-32-76(84)80-58-68(98(10,11)12)38-46-88(80)105)60-90(82)107(92)86-44-36-66(96(4,5)6)56-78(86)64-50-70(100(16,17)18)54-71(51-64)101(19,20)21/h28-61H,62H2,1-27H3/i28D,29D,30D,31D,32D,33D,34D,35D,62D2. The average Bonchev–Trinajstić information content (AvgIpc) is 0.810. The summed E-state index contributed by atoms with van der Waals surface area (Å²) >= 11 is 0. The minimum atomic E-state index is -2.02. The van der Waals surface area contributed by atoms with Gasteiger partial charge in [0.25, 0.3) is 6.71 Å². The van der Waals surface area contributed by atoms with Gasteiger partial charge in [0.2, 0.25) is 0 Å². The summed E-state index contributed by atoms with van der Waals surface area (Å²) < 4.78 is 103. The molecule has 552 valence electrons. The third kappa shape index (κ3) is 13.1. The van der Waals surface area contributed by atoms with E-state index in [0.717, 1.165) is 106 Å². The second kappa shape index (κ2) is 25.1. The van der Waals surface area contributed by atoms with Crippen LogP contribution in [0.3, 0.4) is 0 Å². The van der Waals surface area contributed by atoms with Crippen molar-refractivity contribution in [2.45, 2.75) is 237 Å². The highest BCUT2D eigenvalue weighted by Crippen LogP contribution is 2.53. The zero-order valence-electron chi connectivity index (χ0n) is 79.4. The molecule has 0 saturated heterocycles. The number of para-hydroxylation sites is 2. The fourth-order valence-corrected chi connectivity index (χ4v) is 16.3. The lowest BCUT2D eigenvalue weighted by Gasteiger charge is -2.45. The Kier molecular flexibility index (Phi) is 14.5. The summed E-state index contributed by atoms with van der Waals surface area (Å²) in [7, 11) is 0. The Morgan fingerprint density at radius 2 is 0.611 bits per heavy atom. The molecule has 0 N–H and O–H groups in total. The van der Waals surface area contributed by atoms with Crippen LogP contribution in [0.2, 0.25) is 0 Å². The Bertz CT molecular complexity index is 5970. The largest absolute Gasteiger partial charge is 0.311 e. The van der Waals surface area contributed by atoms with Crippen molar-refractivity contribution in [3.8, 4) is 33.6 Å². The minimum absolute atomic E-state index is 0.116. The molecule has 15 rings (SSSR count). The number of nitrogens with zero attached hydrogens (tertiary/aromatic N) is 4. The van der Waals surface area contributed by atoms with E-state index in [1.807, 2.05) is 29.9 Å². The molecule has 2 aromatic heterocycles. The van der Waals surface area contributed by atoms with Gasteiger partial charge in [-0.3, -0.25) is 0 Å². The topological polar surface area (TPSA) is 16.3 Å². The molecule has 0 fully saturated rings. The highest BCUT2D eigenvalue weighted by Gasteiger charge is 2.46. The molecule has 2 aliphatic heterocycles. The molecular weight excluding hydrogens is 1300 g/mol. The summed E-state index contributed by atoms with van der Waals surface area (Å²) in [5.41, 5.74) is 21.3. The monoisotopic (exact) mass is 1430 g/mol. The summed E-state index contributed by atoms with van der Waals surface area (Å²) in [5, 5.41) is 2.28. The molecular formula is C103H117BN4. The van der Waals surface area contributed by atoms with Crippen LogP contribution in [0.1, 0.15) is 251 Å². The van der Waals surface area contributed by atoms with Crippen LogP contribution < -0.4 is 26.2 Å². The first-order valence-electron chi connectivity index (χ1n) is 44.1. The lowest BCUT2D eigenvalue weighted by Crippen LogP contribution is -2.61. The smallest absolute Gasteiger partial charge is 0.252 e. The van der Waals surface area contributed by atoms with Crippen molar-refractivity contribution in [1.29, 1.82) is 0 Å². The number of benzene rings is 11. The van der Waals surface area contributed by atoms with E-state index in [0.29, 0.717) is 49.5 Å². The highest BCUT2D eigenvalue weighted by molar-refractivity contribution is 7.00. The second-order valence-corrected chi connectivity index (χ2v) is 40.5. The van der Waals surface area contributed by atoms with Gasteiger partial charge in [-0.1, -0.05) is 296 Å². The Hall–Kier alpha value is -9.32. The molecule has 0 amide bonds. The predicted molar refractivity (Wildman–Crippen MR) is 473 cm³/mol. The number of fused-ring (bicyclic) bond motifs is 10. The molecule has 0 radical (unpaired) electrons. The Labute approximate surface area is 661 Å². The van der Waals surface area contributed by atoms with E-state index in [-0.39, 0.29) is 91.7 Å². The number of rotatable bonds is 7. The highest BCUT2D eigenvalue weighted by atomic mass is 15.2. The van der Waals surface area contributed by atoms with Crippen LogP contribution in [0.4, 0.5) is 34.1 Å². The van der Waals surface area contributed by atoms with Crippen LogP contribution in [0.25, 0.3) is 77.2 Å². The van der Waals surface area contributed by atoms with E-state index in [4.69, 9.17) is 0 Å². The van der Waals surface area contributed by atoms with Gasteiger partial charge in [-0.15, -0.1) is 0 Å². The maximum atomic E-state index is 10.9. The summed E-state index contributed by atoms with van der Waals surface area (Å²) in [6, 6.07) is 56.2. The lowest BCUT2D eigenvalue weighted by molar-refractivity contribution is 0.411. The number of aromatic nitrogens is 2. The maximum absolute atomic E-state index is 10.9. The minimum Gasteiger partial charge on any atom is -0.311 e. The van der Waals surface area contributed by atoms with Gasteiger partial charge in [0, 0.05) is 69.5 Å². The zero-order valence-corrected chi connectivity index (χ0v) is 69.4. The average molecular weight is 1430 g/mol. The number of hydrogen-bond acceptors (Lipinski definition) is 2. The molecule has 0 spiro atoms. The van der Waals surface area contributed by atoms with E-state index < -0.39 is 18.5 Å². The van der Waals surface area contributed by atoms with E-state index in [1.54, 1.807) is 0 Å². The fourth-order valence-electron chi connectivity index (χ4n) is 16.3. The maximum Gasteiger partial charge on any atom is 0.252 e. The molecule has 0 atom stereocenters. The van der Waals surface area contributed by atoms with Crippen LogP contribution in [0, 0.1) is 5.41 Å². The van der Waals surface area contributed by atoms with Crippen LogP contribution in [-0.2, 0) is 49.7 Å². The van der Waals surface area contributed by atoms with Gasteiger partial charge in [0.1, 0.15) is 0 Å². The molecule has 0 bridgehead atoms. The van der Waals surface area contributed by atoms with Crippen molar-refractivity contribution in [1.82, 2.24) is 9.13 Å². The Morgan fingerprint density at radius 3 is 0.944 bits per heavy atom. The van der Waals surface area contributed by atoms with E-state index in [2.05, 4.69) is 334 Å². The molecule has 2 aliphatic rings. The van der Waals surface area contributed by atoms with Crippen molar-refractivity contribution < 1.29 is 13.7 Å². The van der Waals surface area contributed by atoms with Crippen molar-refractivity contribution in [3.63, 3.8) is 0 Å². The SMILES string of the molecule is [2H]c1c([2H])c([2H])c2c(c1[2H])c1cc(C(C)(C)C)ccc1n2-c1ccc2c(c1)N(c1ccc(C(C)(C)C)cc1-c1cc(C(C)(C)C)cc(C(C)(C)C)c1)c1cc(C([2H])([2H])C(C)(C)C)cc3c1B2c1ccc(-n2c4ccc(C(C)(C)C)cc4c4c([2H])c([2H])c([2H])c([2H])c42)cc1N3c1ccc(C(C)(C)C)cc1-c1cc(C(C)(C)C)cc(C(C)(C)C)c1.